The molecule has 0 radical (unpaired) electrons. The fraction of sp³-hybridized carbons (Fsp3) is 0.455. The van der Waals surface area contributed by atoms with Crippen molar-refractivity contribution < 1.29 is 18.4 Å². The lowest BCUT2D eigenvalue weighted by atomic mass is 10.3. The Labute approximate surface area is 111 Å². The first kappa shape index (κ1) is 15.4. The molecule has 106 valence electrons. The van der Waals surface area contributed by atoms with Crippen LogP contribution in [0.3, 0.4) is 0 Å². The fourth-order valence-corrected chi connectivity index (χ4v) is 3.42. The molecule has 1 rings (SSSR count). The molecule has 0 heterocycles. The largest absolute Gasteiger partial charge is 0.502 e. The van der Waals surface area contributed by atoms with Gasteiger partial charge < -0.3 is 5.11 Å². The Hall–Kier alpha value is -1.67. The van der Waals surface area contributed by atoms with E-state index >= 15 is 0 Å². The molecule has 0 aromatic heterocycles. The van der Waals surface area contributed by atoms with Crippen molar-refractivity contribution >= 4 is 15.7 Å². The summed E-state index contributed by atoms with van der Waals surface area (Å²) in [5.41, 5.74) is -0.624. The number of nitro benzene ring substituents is 1. The Balaban J connectivity index is 3.37. The number of nitrogens with zero attached hydrogens (tertiary/aromatic N) is 2. The first-order chi connectivity index (χ1) is 8.71. The SMILES string of the molecule is CCN(C(C)C)S(=O)(=O)c1ccc(O)c([N+](=O)[O-])c1. The van der Waals surface area contributed by atoms with E-state index in [1.807, 2.05) is 0 Å². The Morgan fingerprint density at radius 1 is 1.42 bits per heavy atom. The molecule has 0 aliphatic carbocycles. The van der Waals surface area contributed by atoms with Crippen molar-refractivity contribution in [3.8, 4) is 5.75 Å². The molecule has 0 bridgehead atoms. The average molecular weight is 288 g/mol. The summed E-state index contributed by atoms with van der Waals surface area (Å²) in [6.45, 7) is 5.38. The number of aromatic hydroxyl groups is 1. The second-order valence-electron chi connectivity index (χ2n) is 4.21. The van der Waals surface area contributed by atoms with Gasteiger partial charge in [-0.05, 0) is 26.0 Å². The maximum atomic E-state index is 12.3. The summed E-state index contributed by atoms with van der Waals surface area (Å²) in [6.07, 6.45) is 0. The van der Waals surface area contributed by atoms with Gasteiger partial charge in [0, 0.05) is 18.7 Å². The molecule has 0 aliphatic rings. The standard InChI is InChI=1S/C11H16N2O5S/c1-4-12(8(2)3)19(17,18)9-5-6-11(14)10(7-9)13(15)16/h5-8,14H,4H2,1-3H3. The van der Waals surface area contributed by atoms with Gasteiger partial charge in [0.25, 0.3) is 0 Å². The molecular weight excluding hydrogens is 272 g/mol. The maximum Gasteiger partial charge on any atom is 0.312 e. The third-order valence-electron chi connectivity index (χ3n) is 2.64. The Morgan fingerprint density at radius 2 is 2.00 bits per heavy atom. The van der Waals surface area contributed by atoms with E-state index in [4.69, 9.17) is 0 Å². The highest BCUT2D eigenvalue weighted by Gasteiger charge is 2.28. The number of benzene rings is 1. The number of hydrogen-bond acceptors (Lipinski definition) is 5. The predicted molar refractivity (Wildman–Crippen MR) is 69.5 cm³/mol. The molecule has 0 fully saturated rings. The third kappa shape index (κ3) is 3.02. The topological polar surface area (TPSA) is 101 Å². The highest BCUT2D eigenvalue weighted by molar-refractivity contribution is 7.89. The van der Waals surface area contributed by atoms with Gasteiger partial charge in [0.2, 0.25) is 10.0 Å². The van der Waals surface area contributed by atoms with E-state index in [1.165, 1.54) is 4.31 Å². The molecule has 0 spiro atoms. The lowest BCUT2D eigenvalue weighted by Crippen LogP contribution is -2.36. The average Bonchev–Trinajstić information content (AvgIpc) is 2.28. The molecule has 19 heavy (non-hydrogen) atoms. The zero-order valence-electron chi connectivity index (χ0n) is 10.9. The van der Waals surface area contributed by atoms with Gasteiger partial charge in [0.1, 0.15) is 0 Å². The number of hydrogen-bond donors (Lipinski definition) is 1. The highest BCUT2D eigenvalue weighted by Crippen LogP contribution is 2.29. The first-order valence-corrected chi connectivity index (χ1v) is 7.15. The number of nitro groups is 1. The zero-order chi connectivity index (χ0) is 14.8. The van der Waals surface area contributed by atoms with Gasteiger partial charge in [-0.1, -0.05) is 6.92 Å². The van der Waals surface area contributed by atoms with Gasteiger partial charge in [-0.25, -0.2) is 8.42 Å². The van der Waals surface area contributed by atoms with Gasteiger partial charge >= 0.3 is 5.69 Å². The maximum absolute atomic E-state index is 12.3. The lowest BCUT2D eigenvalue weighted by molar-refractivity contribution is -0.386. The normalized spacial score (nSPS) is 12.1. The number of phenols is 1. The Kier molecular flexibility index (Phi) is 4.48. The third-order valence-corrected chi connectivity index (χ3v) is 4.78. The monoisotopic (exact) mass is 288 g/mol. The molecular formula is C11H16N2O5S. The molecule has 1 aromatic rings. The second-order valence-corrected chi connectivity index (χ2v) is 6.10. The van der Waals surface area contributed by atoms with E-state index in [2.05, 4.69) is 0 Å². The highest BCUT2D eigenvalue weighted by atomic mass is 32.2. The minimum absolute atomic E-state index is 0.201. The Bertz CT molecular complexity index is 583. The second kappa shape index (κ2) is 5.54. The van der Waals surface area contributed by atoms with E-state index in [1.54, 1.807) is 20.8 Å². The van der Waals surface area contributed by atoms with Crippen LogP contribution in [0.1, 0.15) is 20.8 Å². The van der Waals surface area contributed by atoms with Crippen LogP contribution >= 0.6 is 0 Å². The van der Waals surface area contributed by atoms with Crippen molar-refractivity contribution in [1.82, 2.24) is 4.31 Å². The molecule has 0 atom stereocenters. The number of sulfonamides is 1. The molecule has 0 saturated carbocycles. The predicted octanol–water partition coefficient (Wildman–Crippen LogP) is 1.72. The van der Waals surface area contributed by atoms with Gasteiger partial charge in [-0.2, -0.15) is 4.31 Å². The van der Waals surface area contributed by atoms with Crippen LogP contribution in [0.2, 0.25) is 0 Å². The van der Waals surface area contributed by atoms with Crippen molar-refractivity contribution in [1.29, 1.82) is 0 Å². The summed E-state index contributed by atoms with van der Waals surface area (Å²) in [4.78, 5) is 9.69. The molecule has 1 aromatic carbocycles. The number of phenolic OH excluding ortho intramolecular Hbond substituents is 1. The zero-order valence-corrected chi connectivity index (χ0v) is 11.7. The number of rotatable bonds is 5. The van der Waals surface area contributed by atoms with Crippen LogP contribution in [0.25, 0.3) is 0 Å². The van der Waals surface area contributed by atoms with Crippen LogP contribution in [-0.4, -0.2) is 35.3 Å². The summed E-state index contributed by atoms with van der Waals surface area (Å²) in [5, 5.41) is 20.0. The van der Waals surface area contributed by atoms with Gasteiger partial charge in [-0.3, -0.25) is 10.1 Å². The van der Waals surface area contributed by atoms with Crippen LogP contribution in [-0.2, 0) is 10.0 Å². The van der Waals surface area contributed by atoms with Crippen LogP contribution in [0.5, 0.6) is 5.75 Å². The summed E-state index contributed by atoms with van der Waals surface area (Å²) in [6, 6.07) is 2.78. The molecule has 8 heteroatoms. The van der Waals surface area contributed by atoms with Gasteiger partial charge in [0.05, 0.1) is 9.82 Å². The summed E-state index contributed by atoms with van der Waals surface area (Å²) >= 11 is 0. The minimum Gasteiger partial charge on any atom is -0.502 e. The van der Waals surface area contributed by atoms with Crippen LogP contribution in [0.4, 0.5) is 5.69 Å². The van der Waals surface area contributed by atoms with E-state index in [-0.39, 0.29) is 17.5 Å². The Morgan fingerprint density at radius 3 is 2.42 bits per heavy atom. The molecule has 0 unspecified atom stereocenters. The summed E-state index contributed by atoms with van der Waals surface area (Å²) < 4.78 is 25.9. The molecule has 0 amide bonds. The van der Waals surface area contributed by atoms with E-state index in [9.17, 15) is 23.6 Å². The molecule has 1 N–H and O–H groups in total. The summed E-state index contributed by atoms with van der Waals surface area (Å²) in [7, 11) is -3.81. The quantitative estimate of drug-likeness (QED) is 0.656. The van der Waals surface area contributed by atoms with Crippen LogP contribution in [0, 0.1) is 10.1 Å². The van der Waals surface area contributed by atoms with E-state index in [0.29, 0.717) is 0 Å². The fourth-order valence-electron chi connectivity index (χ4n) is 1.76. The molecule has 0 aliphatic heterocycles. The van der Waals surface area contributed by atoms with Crippen molar-refractivity contribution in [2.75, 3.05) is 6.54 Å². The van der Waals surface area contributed by atoms with E-state index < -0.39 is 26.4 Å². The summed E-state index contributed by atoms with van der Waals surface area (Å²) in [5.74, 6) is -0.559. The molecule has 0 saturated heterocycles. The van der Waals surface area contributed by atoms with Gasteiger partial charge in [0.15, 0.2) is 5.75 Å². The van der Waals surface area contributed by atoms with Crippen molar-refractivity contribution in [3.63, 3.8) is 0 Å². The van der Waals surface area contributed by atoms with Crippen molar-refractivity contribution in [2.24, 2.45) is 0 Å². The van der Waals surface area contributed by atoms with Crippen molar-refractivity contribution in [2.45, 2.75) is 31.7 Å². The lowest BCUT2D eigenvalue weighted by Gasteiger charge is -2.24. The minimum atomic E-state index is -3.81. The van der Waals surface area contributed by atoms with Crippen LogP contribution < -0.4 is 0 Å². The van der Waals surface area contributed by atoms with E-state index in [0.717, 1.165) is 18.2 Å². The van der Waals surface area contributed by atoms with Crippen molar-refractivity contribution in [3.05, 3.63) is 28.3 Å². The van der Waals surface area contributed by atoms with Crippen LogP contribution in [0.15, 0.2) is 23.1 Å². The molecule has 7 nitrogen and oxygen atoms in total. The smallest absolute Gasteiger partial charge is 0.312 e. The first-order valence-electron chi connectivity index (χ1n) is 5.71. The van der Waals surface area contributed by atoms with Gasteiger partial charge in [-0.15, -0.1) is 0 Å².